The van der Waals surface area contributed by atoms with E-state index in [1.54, 1.807) is 24.3 Å². The molecular weight excluding hydrogens is 344 g/mol. The summed E-state index contributed by atoms with van der Waals surface area (Å²) in [6.07, 6.45) is 4.31. The van der Waals surface area contributed by atoms with Gasteiger partial charge in [0.15, 0.2) is 0 Å². The van der Waals surface area contributed by atoms with Gasteiger partial charge in [-0.15, -0.1) is 0 Å². The molecule has 0 atom stereocenters. The first kappa shape index (κ1) is 18.8. The number of fused-ring (bicyclic) bond motifs is 1. The molecule has 0 aliphatic heterocycles. The lowest BCUT2D eigenvalue weighted by atomic mass is 10.0. The van der Waals surface area contributed by atoms with Crippen molar-refractivity contribution in [3.63, 3.8) is 0 Å². The third-order valence-corrected chi connectivity index (χ3v) is 4.69. The topological polar surface area (TPSA) is 91.2 Å². The molecule has 27 heavy (non-hydrogen) atoms. The first-order chi connectivity index (χ1) is 13.1. The minimum atomic E-state index is -0.702. The van der Waals surface area contributed by atoms with Crippen molar-refractivity contribution in [2.75, 3.05) is 0 Å². The predicted molar refractivity (Wildman–Crippen MR) is 101 cm³/mol. The van der Waals surface area contributed by atoms with Crippen LogP contribution in [0.2, 0.25) is 0 Å². The van der Waals surface area contributed by atoms with Crippen LogP contribution in [0.4, 0.5) is 0 Å². The summed E-state index contributed by atoms with van der Waals surface area (Å²) in [6, 6.07) is 13.3. The van der Waals surface area contributed by atoms with Gasteiger partial charge in [-0.05, 0) is 18.4 Å². The Bertz CT molecular complexity index is 968. The van der Waals surface area contributed by atoms with Crippen LogP contribution in [0.3, 0.4) is 0 Å². The lowest BCUT2D eigenvalue weighted by molar-refractivity contribution is -0.637. The Morgan fingerprint density at radius 3 is 2.19 bits per heavy atom. The second kappa shape index (κ2) is 8.14. The van der Waals surface area contributed by atoms with E-state index in [2.05, 4.69) is 6.92 Å². The van der Waals surface area contributed by atoms with Gasteiger partial charge in [0.05, 0.1) is 0 Å². The van der Waals surface area contributed by atoms with Crippen molar-refractivity contribution in [1.82, 2.24) is 0 Å². The minimum Gasteiger partial charge on any atom is -0.618 e. The van der Waals surface area contributed by atoms with Gasteiger partial charge in [0.1, 0.15) is 6.61 Å². The number of aryl methyl sites for hydroxylation is 1. The maximum atomic E-state index is 12.9. The van der Waals surface area contributed by atoms with Gasteiger partial charge >= 0.3 is 5.69 Å². The third-order valence-electron chi connectivity index (χ3n) is 4.69. The molecule has 0 aliphatic rings. The van der Waals surface area contributed by atoms with Crippen LogP contribution < -0.4 is 9.46 Å². The first-order valence-electron chi connectivity index (χ1n) is 9.09. The third kappa shape index (κ3) is 3.61. The highest BCUT2D eigenvalue weighted by Crippen LogP contribution is 2.15. The summed E-state index contributed by atoms with van der Waals surface area (Å²) in [6.45, 7) is 1.44. The molecular formula is C21H22N2O4. The second-order valence-electron chi connectivity index (χ2n) is 6.51. The van der Waals surface area contributed by atoms with Crippen LogP contribution in [0.1, 0.15) is 53.5 Å². The van der Waals surface area contributed by atoms with Crippen molar-refractivity contribution in [3.05, 3.63) is 81.5 Å². The molecule has 140 valence electrons. The fraction of sp³-hybridized carbons (Fsp3) is 0.286. The average molecular weight is 366 g/mol. The molecule has 1 aromatic heterocycles. The molecule has 3 aromatic rings. The van der Waals surface area contributed by atoms with Crippen molar-refractivity contribution in [3.8, 4) is 0 Å². The van der Waals surface area contributed by atoms with Crippen molar-refractivity contribution < 1.29 is 19.4 Å². The molecule has 6 heteroatoms. The van der Waals surface area contributed by atoms with Crippen LogP contribution in [0, 0.1) is 10.4 Å². The number of aromatic nitrogens is 2. The standard InChI is InChI=1S/C21H22N2O4/c1-2-3-4-7-15-10-12-16(13-11-15)21(25)20-19(14-24)22(26)17-8-5-6-9-18(17)23(20)27/h5-6,8-13,24H,2-4,7,14H2,1H3. The highest BCUT2D eigenvalue weighted by atomic mass is 16.5. The van der Waals surface area contributed by atoms with Gasteiger partial charge in [-0.2, -0.15) is 9.46 Å². The Labute approximate surface area is 157 Å². The van der Waals surface area contributed by atoms with Crippen molar-refractivity contribution in [2.45, 2.75) is 39.2 Å². The van der Waals surface area contributed by atoms with Crippen molar-refractivity contribution in [2.24, 2.45) is 0 Å². The molecule has 6 nitrogen and oxygen atoms in total. The molecule has 0 amide bonds. The van der Waals surface area contributed by atoms with Gasteiger partial charge in [0.2, 0.25) is 0 Å². The highest BCUT2D eigenvalue weighted by Gasteiger charge is 2.33. The minimum absolute atomic E-state index is 0.0873. The Morgan fingerprint density at radius 2 is 1.59 bits per heavy atom. The Hall–Kier alpha value is -2.99. The van der Waals surface area contributed by atoms with Crippen LogP contribution in [0.5, 0.6) is 0 Å². The summed E-state index contributed by atoms with van der Waals surface area (Å²) in [5.41, 5.74) is 1.04. The van der Waals surface area contributed by atoms with E-state index in [1.165, 1.54) is 12.1 Å². The van der Waals surface area contributed by atoms with E-state index < -0.39 is 12.4 Å². The van der Waals surface area contributed by atoms with Gasteiger partial charge in [-0.1, -0.05) is 56.2 Å². The summed E-state index contributed by atoms with van der Waals surface area (Å²) >= 11 is 0. The number of para-hydroxylation sites is 2. The lowest BCUT2D eigenvalue weighted by Crippen LogP contribution is -2.47. The molecule has 2 aromatic carbocycles. The quantitative estimate of drug-likeness (QED) is 0.301. The number of carbonyl (C=O) groups is 1. The summed E-state index contributed by atoms with van der Waals surface area (Å²) < 4.78 is 0.892. The van der Waals surface area contributed by atoms with Gasteiger partial charge in [0, 0.05) is 17.7 Å². The van der Waals surface area contributed by atoms with E-state index in [4.69, 9.17) is 0 Å². The van der Waals surface area contributed by atoms with Gasteiger partial charge in [-0.25, -0.2) is 0 Å². The summed E-state index contributed by atoms with van der Waals surface area (Å²) in [5.74, 6) is -0.579. The van der Waals surface area contributed by atoms with E-state index in [-0.39, 0.29) is 22.4 Å². The number of aliphatic hydroxyl groups excluding tert-OH is 1. The molecule has 0 bridgehead atoms. The average Bonchev–Trinajstić information content (AvgIpc) is 2.70. The van der Waals surface area contributed by atoms with Crippen molar-refractivity contribution >= 4 is 16.8 Å². The number of rotatable bonds is 7. The van der Waals surface area contributed by atoms with Crippen molar-refractivity contribution in [1.29, 1.82) is 0 Å². The van der Waals surface area contributed by atoms with Gasteiger partial charge in [0.25, 0.3) is 22.5 Å². The molecule has 1 heterocycles. The predicted octanol–water partition coefficient (Wildman–Crippen LogP) is 2.56. The molecule has 0 saturated heterocycles. The summed E-state index contributed by atoms with van der Waals surface area (Å²) in [7, 11) is 0. The highest BCUT2D eigenvalue weighted by molar-refractivity contribution is 6.07. The maximum Gasteiger partial charge on any atom is 0.336 e. The summed E-state index contributed by atoms with van der Waals surface area (Å²) in [5, 5.41) is 34.9. The largest absolute Gasteiger partial charge is 0.618 e. The Balaban J connectivity index is 2.01. The molecule has 0 spiro atoms. The molecule has 0 aliphatic carbocycles. The Kier molecular flexibility index (Phi) is 5.66. The number of benzene rings is 2. The zero-order chi connectivity index (χ0) is 19.4. The molecule has 0 unspecified atom stereocenters. The second-order valence-corrected chi connectivity index (χ2v) is 6.51. The zero-order valence-electron chi connectivity index (χ0n) is 15.2. The number of hydrogen-bond donors (Lipinski definition) is 1. The zero-order valence-corrected chi connectivity index (χ0v) is 15.2. The van der Waals surface area contributed by atoms with E-state index in [1.807, 2.05) is 12.1 Å². The molecule has 3 rings (SSSR count). The SMILES string of the molecule is CCCCCc1ccc(C(=O)c2c(CO)[n+]([O-])c3ccccc3[n+]2[O-])cc1. The van der Waals surface area contributed by atoms with Crippen LogP contribution in [-0.2, 0) is 13.0 Å². The van der Waals surface area contributed by atoms with E-state index in [9.17, 15) is 20.3 Å². The number of carbonyl (C=O) groups excluding carboxylic acids is 1. The number of unbranched alkanes of at least 4 members (excludes halogenated alkanes) is 2. The molecule has 0 saturated carbocycles. The number of hydrogen-bond acceptors (Lipinski definition) is 4. The number of ketones is 1. The molecule has 1 N–H and O–H groups in total. The maximum absolute atomic E-state index is 12.9. The normalized spacial score (nSPS) is 11.0. The van der Waals surface area contributed by atoms with E-state index in [0.29, 0.717) is 15.0 Å². The monoisotopic (exact) mass is 366 g/mol. The van der Waals surface area contributed by atoms with Gasteiger partial charge < -0.3 is 15.5 Å². The number of nitrogens with zero attached hydrogens (tertiary/aromatic N) is 2. The van der Waals surface area contributed by atoms with Gasteiger partial charge in [-0.3, -0.25) is 4.79 Å². The lowest BCUT2D eigenvalue weighted by Gasteiger charge is -2.11. The first-order valence-corrected chi connectivity index (χ1v) is 9.09. The molecule has 0 radical (unpaired) electrons. The number of aliphatic hydroxyl groups is 1. The smallest absolute Gasteiger partial charge is 0.336 e. The van der Waals surface area contributed by atoms with Crippen LogP contribution in [-0.4, -0.2) is 10.9 Å². The Morgan fingerprint density at radius 1 is 0.963 bits per heavy atom. The van der Waals surface area contributed by atoms with Crippen LogP contribution in [0.25, 0.3) is 11.0 Å². The fourth-order valence-corrected chi connectivity index (χ4v) is 3.19. The molecule has 0 fully saturated rings. The van der Waals surface area contributed by atoms with Crippen LogP contribution in [0.15, 0.2) is 48.5 Å². The fourth-order valence-electron chi connectivity index (χ4n) is 3.19. The van der Waals surface area contributed by atoms with Crippen LogP contribution >= 0.6 is 0 Å². The van der Waals surface area contributed by atoms with E-state index in [0.717, 1.165) is 31.2 Å². The van der Waals surface area contributed by atoms with E-state index >= 15 is 0 Å². The summed E-state index contributed by atoms with van der Waals surface area (Å²) in [4.78, 5) is 12.9.